The van der Waals surface area contributed by atoms with E-state index in [2.05, 4.69) is 5.32 Å². The molecule has 1 fully saturated rings. The van der Waals surface area contributed by atoms with Gasteiger partial charge in [0.2, 0.25) is 0 Å². The predicted octanol–water partition coefficient (Wildman–Crippen LogP) is 2.21. The smallest absolute Gasteiger partial charge is 0.175 e. The summed E-state index contributed by atoms with van der Waals surface area (Å²) in [5.41, 5.74) is 0.718. The molecule has 1 aromatic rings. The first kappa shape index (κ1) is 11.8. The lowest BCUT2D eigenvalue weighted by Crippen LogP contribution is -2.43. The SMILES string of the molecule is CS(=O)(=O)c1ccc2c(c1)NCC1(CCCC1)O2. The molecule has 1 aliphatic heterocycles. The molecular formula is C13H17NO3S. The van der Waals surface area contributed by atoms with Gasteiger partial charge in [-0.15, -0.1) is 0 Å². The molecule has 4 nitrogen and oxygen atoms in total. The molecule has 18 heavy (non-hydrogen) atoms. The van der Waals surface area contributed by atoms with Crippen molar-refractivity contribution in [3.8, 4) is 5.75 Å². The summed E-state index contributed by atoms with van der Waals surface area (Å²) < 4.78 is 29.1. The molecule has 1 aliphatic carbocycles. The van der Waals surface area contributed by atoms with Crippen molar-refractivity contribution in [3.05, 3.63) is 18.2 Å². The molecule has 0 saturated heterocycles. The number of benzene rings is 1. The predicted molar refractivity (Wildman–Crippen MR) is 69.9 cm³/mol. The summed E-state index contributed by atoms with van der Waals surface area (Å²) in [5.74, 6) is 0.774. The van der Waals surface area contributed by atoms with Crippen LogP contribution in [0.3, 0.4) is 0 Å². The maximum atomic E-state index is 11.5. The van der Waals surface area contributed by atoms with Gasteiger partial charge >= 0.3 is 0 Å². The fraction of sp³-hybridized carbons (Fsp3) is 0.538. The van der Waals surface area contributed by atoms with E-state index in [9.17, 15) is 8.42 Å². The van der Waals surface area contributed by atoms with Crippen molar-refractivity contribution in [1.29, 1.82) is 0 Å². The van der Waals surface area contributed by atoms with Crippen LogP contribution in [0.25, 0.3) is 0 Å². The first-order valence-electron chi connectivity index (χ1n) is 6.26. The van der Waals surface area contributed by atoms with Crippen LogP contribution in [0.1, 0.15) is 25.7 Å². The zero-order valence-electron chi connectivity index (χ0n) is 10.4. The second-order valence-corrected chi connectivity index (χ2v) is 7.29. The van der Waals surface area contributed by atoms with Gasteiger partial charge in [0.05, 0.1) is 17.1 Å². The third-order valence-electron chi connectivity index (χ3n) is 3.82. The van der Waals surface area contributed by atoms with Gasteiger partial charge in [-0.05, 0) is 43.9 Å². The number of ether oxygens (including phenoxy) is 1. The highest BCUT2D eigenvalue weighted by Gasteiger charge is 2.39. The summed E-state index contributed by atoms with van der Waals surface area (Å²) in [6.45, 7) is 0.771. The van der Waals surface area contributed by atoms with E-state index in [1.165, 1.54) is 19.1 Å². The van der Waals surface area contributed by atoms with Crippen LogP contribution < -0.4 is 10.1 Å². The average Bonchev–Trinajstić information content (AvgIpc) is 2.75. The number of anilines is 1. The molecule has 1 saturated carbocycles. The molecule has 2 aliphatic rings. The second kappa shape index (κ2) is 3.88. The van der Waals surface area contributed by atoms with E-state index in [0.29, 0.717) is 4.90 Å². The molecular weight excluding hydrogens is 250 g/mol. The summed E-state index contributed by atoms with van der Waals surface area (Å²) in [6.07, 6.45) is 5.79. The maximum Gasteiger partial charge on any atom is 0.175 e. The van der Waals surface area contributed by atoms with Gasteiger partial charge in [0.15, 0.2) is 9.84 Å². The first-order valence-corrected chi connectivity index (χ1v) is 8.15. The molecule has 5 heteroatoms. The number of hydrogen-bond acceptors (Lipinski definition) is 4. The fourth-order valence-corrected chi connectivity index (χ4v) is 3.44. The van der Waals surface area contributed by atoms with Crippen molar-refractivity contribution in [1.82, 2.24) is 0 Å². The van der Waals surface area contributed by atoms with Gasteiger partial charge in [-0.3, -0.25) is 0 Å². The third kappa shape index (κ3) is 1.96. The topological polar surface area (TPSA) is 55.4 Å². The highest BCUT2D eigenvalue weighted by atomic mass is 32.2. The van der Waals surface area contributed by atoms with E-state index in [-0.39, 0.29) is 5.60 Å². The van der Waals surface area contributed by atoms with E-state index >= 15 is 0 Å². The van der Waals surface area contributed by atoms with Gasteiger partial charge in [-0.2, -0.15) is 0 Å². The molecule has 0 bridgehead atoms. The Morgan fingerprint density at radius 1 is 1.28 bits per heavy atom. The van der Waals surface area contributed by atoms with Crippen LogP contribution in [0.2, 0.25) is 0 Å². The standard InChI is InChI=1S/C13H17NO3S/c1-18(15,16)10-4-5-12-11(8-10)14-9-13(17-12)6-2-3-7-13/h4-5,8,14H,2-3,6-7,9H2,1H3. The summed E-state index contributed by atoms with van der Waals surface area (Å²) >= 11 is 0. The van der Waals surface area contributed by atoms with Crippen molar-refractivity contribution in [2.45, 2.75) is 36.2 Å². The molecule has 0 aromatic heterocycles. The Morgan fingerprint density at radius 2 is 2.00 bits per heavy atom. The zero-order chi connectivity index (χ0) is 12.8. The van der Waals surface area contributed by atoms with Crippen LogP contribution in [0.4, 0.5) is 5.69 Å². The third-order valence-corrected chi connectivity index (χ3v) is 4.93. The van der Waals surface area contributed by atoms with Crippen LogP contribution in [-0.4, -0.2) is 26.8 Å². The van der Waals surface area contributed by atoms with Crippen molar-refractivity contribution >= 4 is 15.5 Å². The van der Waals surface area contributed by atoms with Gasteiger partial charge < -0.3 is 10.1 Å². The van der Waals surface area contributed by atoms with E-state index in [1.54, 1.807) is 18.2 Å². The van der Waals surface area contributed by atoms with E-state index in [0.717, 1.165) is 30.8 Å². The Balaban J connectivity index is 1.95. The lowest BCUT2D eigenvalue weighted by molar-refractivity contribution is 0.0829. The Morgan fingerprint density at radius 3 is 2.67 bits per heavy atom. The summed E-state index contributed by atoms with van der Waals surface area (Å²) in [5, 5.41) is 3.32. The fourth-order valence-electron chi connectivity index (χ4n) is 2.79. The Kier molecular flexibility index (Phi) is 2.55. The van der Waals surface area contributed by atoms with Gasteiger partial charge in [-0.25, -0.2) is 8.42 Å². The summed E-state index contributed by atoms with van der Waals surface area (Å²) in [4.78, 5) is 0.333. The molecule has 1 N–H and O–H groups in total. The van der Waals surface area contributed by atoms with Crippen LogP contribution in [0.15, 0.2) is 23.1 Å². The Hall–Kier alpha value is -1.23. The van der Waals surface area contributed by atoms with E-state index < -0.39 is 9.84 Å². The lowest BCUT2D eigenvalue weighted by Gasteiger charge is -2.36. The van der Waals surface area contributed by atoms with Gasteiger partial charge in [-0.1, -0.05) is 0 Å². The number of fused-ring (bicyclic) bond motifs is 1. The number of hydrogen-bond donors (Lipinski definition) is 1. The maximum absolute atomic E-state index is 11.5. The van der Waals surface area contributed by atoms with E-state index in [4.69, 9.17) is 4.74 Å². The minimum absolute atomic E-state index is 0.0698. The molecule has 1 spiro atoms. The molecule has 3 rings (SSSR count). The average molecular weight is 267 g/mol. The molecule has 0 unspecified atom stereocenters. The second-order valence-electron chi connectivity index (χ2n) is 5.28. The van der Waals surface area contributed by atoms with Crippen molar-refractivity contribution in [2.75, 3.05) is 18.1 Å². The van der Waals surface area contributed by atoms with E-state index in [1.807, 2.05) is 0 Å². The highest BCUT2D eigenvalue weighted by molar-refractivity contribution is 7.90. The monoisotopic (exact) mass is 267 g/mol. The zero-order valence-corrected chi connectivity index (χ0v) is 11.2. The number of rotatable bonds is 1. The molecule has 0 radical (unpaired) electrons. The van der Waals surface area contributed by atoms with Crippen LogP contribution in [0, 0.1) is 0 Å². The normalized spacial score (nSPS) is 21.2. The Labute approximate surface area is 107 Å². The van der Waals surface area contributed by atoms with Gasteiger partial charge in [0.25, 0.3) is 0 Å². The number of nitrogens with one attached hydrogen (secondary N) is 1. The van der Waals surface area contributed by atoms with Gasteiger partial charge in [0, 0.05) is 6.26 Å². The minimum atomic E-state index is -3.16. The quantitative estimate of drug-likeness (QED) is 0.847. The van der Waals surface area contributed by atoms with Crippen molar-refractivity contribution in [3.63, 3.8) is 0 Å². The first-order chi connectivity index (χ1) is 8.49. The van der Waals surface area contributed by atoms with Crippen molar-refractivity contribution in [2.24, 2.45) is 0 Å². The van der Waals surface area contributed by atoms with Crippen molar-refractivity contribution < 1.29 is 13.2 Å². The van der Waals surface area contributed by atoms with Crippen LogP contribution in [0.5, 0.6) is 5.75 Å². The molecule has 0 amide bonds. The Bertz CT molecular complexity index is 574. The summed E-state index contributed by atoms with van der Waals surface area (Å²) in [7, 11) is -3.16. The van der Waals surface area contributed by atoms with Crippen LogP contribution >= 0.6 is 0 Å². The van der Waals surface area contributed by atoms with Crippen LogP contribution in [-0.2, 0) is 9.84 Å². The molecule has 0 atom stereocenters. The molecule has 98 valence electrons. The molecule has 1 aromatic carbocycles. The summed E-state index contributed by atoms with van der Waals surface area (Å²) in [6, 6.07) is 5.04. The number of sulfone groups is 1. The minimum Gasteiger partial charge on any atom is -0.483 e. The largest absolute Gasteiger partial charge is 0.483 e. The van der Waals surface area contributed by atoms with Gasteiger partial charge in [0.1, 0.15) is 11.4 Å². The lowest BCUT2D eigenvalue weighted by atomic mass is 10.00. The molecule has 1 heterocycles. The highest BCUT2D eigenvalue weighted by Crippen LogP contribution is 2.41.